The number of nitrogens with one attached hydrogen (secondary N) is 1. The van der Waals surface area contributed by atoms with Crippen molar-refractivity contribution < 1.29 is 9.72 Å². The Labute approximate surface area is 122 Å². The van der Waals surface area contributed by atoms with Crippen LogP contribution in [0.15, 0.2) is 30.5 Å². The van der Waals surface area contributed by atoms with E-state index >= 15 is 0 Å². The zero-order valence-electron chi connectivity index (χ0n) is 12.1. The molecule has 0 atom stereocenters. The first-order chi connectivity index (χ1) is 9.99. The maximum absolute atomic E-state index is 12.1. The van der Waals surface area contributed by atoms with E-state index in [2.05, 4.69) is 5.32 Å². The molecule has 0 radical (unpaired) electrons. The maximum atomic E-state index is 12.1. The quantitative estimate of drug-likeness (QED) is 0.519. The van der Waals surface area contributed by atoms with Crippen molar-refractivity contribution >= 4 is 22.6 Å². The van der Waals surface area contributed by atoms with Crippen LogP contribution in [0.2, 0.25) is 0 Å². The summed E-state index contributed by atoms with van der Waals surface area (Å²) in [6.07, 6.45) is 2.47. The fraction of sp³-hybridized carbons (Fsp3) is 0.357. The van der Waals surface area contributed by atoms with E-state index in [9.17, 15) is 14.9 Å². The molecular formula is C14H18N4O3. The molecule has 0 saturated carbocycles. The Morgan fingerprint density at radius 1 is 1.38 bits per heavy atom. The SMILES string of the molecule is CN(C)CCCNC(=O)n1ccc2ccc([N+](=O)[O-])cc21. The number of hydrogen-bond donors (Lipinski definition) is 1. The van der Waals surface area contributed by atoms with Crippen molar-refractivity contribution in [2.45, 2.75) is 6.42 Å². The molecule has 1 heterocycles. The Morgan fingerprint density at radius 3 is 2.81 bits per heavy atom. The highest BCUT2D eigenvalue weighted by Crippen LogP contribution is 2.21. The van der Waals surface area contributed by atoms with E-state index in [4.69, 9.17) is 0 Å². The summed E-state index contributed by atoms with van der Waals surface area (Å²) in [5.74, 6) is 0. The van der Waals surface area contributed by atoms with Gasteiger partial charge in [0.2, 0.25) is 0 Å². The summed E-state index contributed by atoms with van der Waals surface area (Å²) in [5.41, 5.74) is 0.511. The summed E-state index contributed by atoms with van der Waals surface area (Å²) >= 11 is 0. The van der Waals surface area contributed by atoms with Gasteiger partial charge in [-0.2, -0.15) is 0 Å². The van der Waals surface area contributed by atoms with Crippen molar-refractivity contribution in [1.29, 1.82) is 0 Å². The number of hydrogen-bond acceptors (Lipinski definition) is 4. The van der Waals surface area contributed by atoms with E-state index < -0.39 is 4.92 Å². The van der Waals surface area contributed by atoms with Crippen LogP contribution in [0.5, 0.6) is 0 Å². The highest BCUT2D eigenvalue weighted by atomic mass is 16.6. The van der Waals surface area contributed by atoms with Crippen LogP contribution in [-0.4, -0.2) is 47.6 Å². The first kappa shape index (κ1) is 15.0. The number of fused-ring (bicyclic) bond motifs is 1. The number of carbonyl (C=O) groups excluding carboxylic acids is 1. The molecule has 0 aliphatic heterocycles. The third-order valence-electron chi connectivity index (χ3n) is 3.16. The molecule has 0 aliphatic rings. The van der Waals surface area contributed by atoms with Crippen molar-refractivity contribution in [3.8, 4) is 0 Å². The largest absolute Gasteiger partial charge is 0.337 e. The monoisotopic (exact) mass is 290 g/mol. The average molecular weight is 290 g/mol. The predicted molar refractivity (Wildman–Crippen MR) is 80.6 cm³/mol. The number of nitro groups is 1. The average Bonchev–Trinajstić information content (AvgIpc) is 2.86. The highest BCUT2D eigenvalue weighted by Gasteiger charge is 2.12. The lowest BCUT2D eigenvalue weighted by Crippen LogP contribution is -2.30. The molecule has 1 aromatic carbocycles. The first-order valence-electron chi connectivity index (χ1n) is 6.67. The fourth-order valence-corrected chi connectivity index (χ4v) is 2.08. The van der Waals surface area contributed by atoms with Gasteiger partial charge in [0.05, 0.1) is 10.4 Å². The van der Waals surface area contributed by atoms with Crippen LogP contribution in [-0.2, 0) is 0 Å². The Bertz CT molecular complexity index is 663. The second-order valence-electron chi connectivity index (χ2n) is 5.07. The molecule has 112 valence electrons. The summed E-state index contributed by atoms with van der Waals surface area (Å²) < 4.78 is 1.40. The second kappa shape index (κ2) is 6.36. The third kappa shape index (κ3) is 3.57. The molecule has 21 heavy (non-hydrogen) atoms. The lowest BCUT2D eigenvalue weighted by molar-refractivity contribution is -0.384. The van der Waals surface area contributed by atoms with Gasteiger partial charge in [-0.25, -0.2) is 4.79 Å². The van der Waals surface area contributed by atoms with Gasteiger partial charge >= 0.3 is 6.03 Å². The number of amides is 1. The molecule has 1 aromatic heterocycles. The van der Waals surface area contributed by atoms with E-state index in [1.165, 1.54) is 16.7 Å². The van der Waals surface area contributed by atoms with Crippen LogP contribution in [0.1, 0.15) is 6.42 Å². The molecule has 7 nitrogen and oxygen atoms in total. The minimum Gasteiger partial charge on any atom is -0.337 e. The fourth-order valence-electron chi connectivity index (χ4n) is 2.08. The number of carbonyl (C=O) groups is 1. The van der Waals surface area contributed by atoms with E-state index in [-0.39, 0.29) is 11.7 Å². The topological polar surface area (TPSA) is 80.4 Å². The summed E-state index contributed by atoms with van der Waals surface area (Å²) in [4.78, 5) is 24.5. The lowest BCUT2D eigenvalue weighted by Gasteiger charge is -2.10. The van der Waals surface area contributed by atoms with Gasteiger partial charge in [-0.3, -0.25) is 14.7 Å². The summed E-state index contributed by atoms with van der Waals surface area (Å²) in [6.45, 7) is 1.45. The van der Waals surface area contributed by atoms with Crippen molar-refractivity contribution in [3.05, 3.63) is 40.6 Å². The molecule has 2 aromatic rings. The molecule has 2 rings (SSSR count). The molecule has 1 N–H and O–H groups in total. The smallest absolute Gasteiger partial charge is 0.326 e. The molecule has 0 saturated heterocycles. The zero-order chi connectivity index (χ0) is 15.4. The van der Waals surface area contributed by atoms with E-state index in [0.29, 0.717) is 12.1 Å². The normalized spacial score (nSPS) is 11.0. The number of rotatable bonds is 5. The molecule has 7 heteroatoms. The zero-order valence-corrected chi connectivity index (χ0v) is 12.1. The number of benzene rings is 1. The minimum atomic E-state index is -0.467. The van der Waals surface area contributed by atoms with Gasteiger partial charge in [0.25, 0.3) is 5.69 Å². The first-order valence-corrected chi connectivity index (χ1v) is 6.67. The van der Waals surface area contributed by atoms with Crippen molar-refractivity contribution in [2.24, 2.45) is 0 Å². The van der Waals surface area contributed by atoms with E-state index in [0.717, 1.165) is 18.4 Å². The van der Waals surface area contributed by atoms with Crippen LogP contribution >= 0.6 is 0 Å². The standard InChI is InChI=1S/C14H18N4O3/c1-16(2)8-3-7-15-14(19)17-9-6-11-4-5-12(18(20)21)10-13(11)17/h4-6,9-10H,3,7-8H2,1-2H3,(H,15,19). The number of aromatic nitrogens is 1. The van der Waals surface area contributed by atoms with Gasteiger partial charge in [-0.05, 0) is 39.2 Å². The summed E-state index contributed by atoms with van der Waals surface area (Å²) in [7, 11) is 3.95. The molecule has 0 unspecified atom stereocenters. The van der Waals surface area contributed by atoms with Crippen LogP contribution < -0.4 is 5.32 Å². The maximum Gasteiger partial charge on any atom is 0.326 e. The van der Waals surface area contributed by atoms with Gasteiger partial charge in [-0.1, -0.05) is 0 Å². The van der Waals surface area contributed by atoms with E-state index in [1.54, 1.807) is 18.3 Å². The van der Waals surface area contributed by atoms with Gasteiger partial charge in [-0.15, -0.1) is 0 Å². The minimum absolute atomic E-state index is 0.0251. The molecule has 0 spiro atoms. The summed E-state index contributed by atoms with van der Waals surface area (Å²) in [5, 5.41) is 14.4. The van der Waals surface area contributed by atoms with Gasteiger partial charge < -0.3 is 10.2 Å². The van der Waals surface area contributed by atoms with Gasteiger partial charge in [0, 0.05) is 30.3 Å². The Hall–Kier alpha value is -2.41. The van der Waals surface area contributed by atoms with E-state index in [1.807, 2.05) is 19.0 Å². The van der Waals surface area contributed by atoms with Crippen LogP contribution in [0.25, 0.3) is 10.9 Å². The van der Waals surface area contributed by atoms with Crippen molar-refractivity contribution in [1.82, 2.24) is 14.8 Å². The molecule has 0 fully saturated rings. The molecule has 0 bridgehead atoms. The summed E-state index contributed by atoms with van der Waals surface area (Å²) in [6, 6.07) is 5.97. The highest BCUT2D eigenvalue weighted by molar-refractivity contribution is 5.92. The Balaban J connectivity index is 2.12. The molecule has 0 aliphatic carbocycles. The Morgan fingerprint density at radius 2 is 2.14 bits per heavy atom. The van der Waals surface area contributed by atoms with Crippen molar-refractivity contribution in [3.63, 3.8) is 0 Å². The predicted octanol–water partition coefficient (Wildman–Crippen LogP) is 2.06. The van der Waals surface area contributed by atoms with Gasteiger partial charge in [0.15, 0.2) is 0 Å². The van der Waals surface area contributed by atoms with Gasteiger partial charge in [0.1, 0.15) is 0 Å². The Kier molecular flexibility index (Phi) is 4.54. The lowest BCUT2D eigenvalue weighted by atomic mass is 10.2. The number of nitrogens with zero attached hydrogens (tertiary/aromatic N) is 3. The van der Waals surface area contributed by atoms with Crippen LogP contribution in [0, 0.1) is 10.1 Å². The van der Waals surface area contributed by atoms with Crippen LogP contribution in [0.3, 0.4) is 0 Å². The molecular weight excluding hydrogens is 272 g/mol. The van der Waals surface area contributed by atoms with Crippen LogP contribution in [0.4, 0.5) is 10.5 Å². The number of nitro benzene ring substituents is 1. The molecule has 1 amide bonds. The second-order valence-corrected chi connectivity index (χ2v) is 5.07. The third-order valence-corrected chi connectivity index (χ3v) is 3.16. The number of non-ortho nitro benzene ring substituents is 1. The van der Waals surface area contributed by atoms with Crippen molar-refractivity contribution in [2.75, 3.05) is 27.2 Å².